The molecule has 2 fully saturated rings. The van der Waals surface area contributed by atoms with Gasteiger partial charge in [0, 0.05) is 25.2 Å². The van der Waals surface area contributed by atoms with E-state index in [-0.39, 0.29) is 36.0 Å². The summed E-state index contributed by atoms with van der Waals surface area (Å²) in [4.78, 5) is 71.6. The lowest BCUT2D eigenvalue weighted by molar-refractivity contribution is 0.0467. The Bertz CT molecular complexity index is 1410. The lowest BCUT2D eigenvalue weighted by Gasteiger charge is -2.47. The zero-order chi connectivity index (χ0) is 32.4. The minimum absolute atomic E-state index is 0.0694. The van der Waals surface area contributed by atoms with Gasteiger partial charge in [0.25, 0.3) is 0 Å². The van der Waals surface area contributed by atoms with Crippen LogP contribution < -0.4 is 27.7 Å². The highest BCUT2D eigenvalue weighted by Gasteiger charge is 2.44. The maximum Gasteiger partial charge on any atom is 0.433 e. The molecule has 3 rings (SSSR count). The average molecular weight is 607 g/mol. The fourth-order valence-corrected chi connectivity index (χ4v) is 7.90. The Kier molecular flexibility index (Phi) is 10.1. The van der Waals surface area contributed by atoms with Gasteiger partial charge in [0.2, 0.25) is 0 Å². The Balaban J connectivity index is 1.88. The molecular weight excluding hydrogens is 556 g/mol. The van der Waals surface area contributed by atoms with Gasteiger partial charge in [0.15, 0.2) is 0 Å². The number of carbonyl (C=O) groups excluding carboxylic acids is 2. The highest BCUT2D eigenvalue weighted by Crippen LogP contribution is 2.48. The minimum Gasteiger partial charge on any atom is -0.453 e. The van der Waals surface area contributed by atoms with Crippen LogP contribution in [0.4, 0.5) is 9.59 Å². The van der Waals surface area contributed by atoms with Crippen molar-refractivity contribution in [2.24, 2.45) is 26.8 Å². The standard InChI is InChI=1S/C30H50N6O7/c1-10-19(2)34-43-25(40)32-21-12-28(5,6)16-30(8,14-21)18-36-23(38)33-22(37)35(26(36)41)17-29(7)13-20(31-24(39)42-9)11-27(3,4)15-29/h20-21H,10-18H2,1-9H3,(H,31,39)(H,32,40)(H,33,37,38)/b34-19+. The first kappa shape index (κ1) is 34.1. The van der Waals surface area contributed by atoms with Crippen LogP contribution in [0.1, 0.15) is 100 Å². The van der Waals surface area contributed by atoms with Gasteiger partial charge in [-0.1, -0.05) is 53.6 Å². The number of oxime groups is 1. The molecule has 43 heavy (non-hydrogen) atoms. The molecule has 242 valence electrons. The molecule has 13 heteroatoms. The van der Waals surface area contributed by atoms with Crippen LogP contribution in [0.25, 0.3) is 0 Å². The molecule has 2 amide bonds. The third-order valence-corrected chi connectivity index (χ3v) is 8.76. The number of nitrogens with one attached hydrogen (secondary N) is 3. The quantitative estimate of drug-likeness (QED) is 0.230. The van der Waals surface area contributed by atoms with Gasteiger partial charge in [-0.25, -0.2) is 33.1 Å². The molecule has 1 aromatic rings. The maximum absolute atomic E-state index is 13.8. The second kappa shape index (κ2) is 12.7. The van der Waals surface area contributed by atoms with Crippen molar-refractivity contribution in [3.05, 3.63) is 31.5 Å². The summed E-state index contributed by atoms with van der Waals surface area (Å²) in [5.74, 6) is 0. The Morgan fingerprint density at radius 3 is 1.70 bits per heavy atom. The molecule has 0 bridgehead atoms. The second-order valence-electron chi connectivity index (χ2n) is 15.0. The van der Waals surface area contributed by atoms with Crippen LogP contribution in [-0.2, 0) is 22.7 Å². The minimum atomic E-state index is -0.761. The van der Waals surface area contributed by atoms with Crippen LogP contribution in [0.5, 0.6) is 0 Å². The van der Waals surface area contributed by atoms with Crippen molar-refractivity contribution in [2.75, 3.05) is 7.11 Å². The molecule has 2 aliphatic carbocycles. The van der Waals surface area contributed by atoms with Crippen LogP contribution >= 0.6 is 0 Å². The molecule has 0 aromatic carbocycles. The van der Waals surface area contributed by atoms with E-state index in [9.17, 15) is 24.0 Å². The smallest absolute Gasteiger partial charge is 0.433 e. The number of amides is 2. The molecule has 2 saturated carbocycles. The number of alkyl carbamates (subject to hydrolysis) is 1. The first-order valence-corrected chi connectivity index (χ1v) is 15.1. The number of aromatic amines is 1. The molecule has 0 aliphatic heterocycles. The number of hydrogen-bond donors (Lipinski definition) is 3. The summed E-state index contributed by atoms with van der Waals surface area (Å²) in [6.07, 6.45) is 3.34. The molecule has 4 unspecified atom stereocenters. The van der Waals surface area contributed by atoms with E-state index in [4.69, 9.17) is 9.57 Å². The first-order valence-electron chi connectivity index (χ1n) is 15.1. The third kappa shape index (κ3) is 9.06. The van der Waals surface area contributed by atoms with Crippen molar-refractivity contribution in [2.45, 2.75) is 126 Å². The number of aromatic nitrogens is 3. The fourth-order valence-electron chi connectivity index (χ4n) is 7.90. The number of rotatable bonds is 8. The van der Waals surface area contributed by atoms with E-state index in [1.165, 1.54) is 7.11 Å². The topological polar surface area (TPSA) is 166 Å². The Morgan fingerprint density at radius 2 is 1.28 bits per heavy atom. The Morgan fingerprint density at radius 1 is 0.837 bits per heavy atom. The summed E-state index contributed by atoms with van der Waals surface area (Å²) >= 11 is 0. The molecule has 0 saturated heterocycles. The van der Waals surface area contributed by atoms with Crippen molar-refractivity contribution in [1.82, 2.24) is 24.8 Å². The van der Waals surface area contributed by atoms with Crippen LogP contribution in [0.2, 0.25) is 0 Å². The van der Waals surface area contributed by atoms with Crippen molar-refractivity contribution >= 4 is 17.9 Å². The monoisotopic (exact) mass is 606 g/mol. The largest absolute Gasteiger partial charge is 0.453 e. The summed E-state index contributed by atoms with van der Waals surface area (Å²) in [5.41, 5.74) is -2.94. The lowest BCUT2D eigenvalue weighted by atomic mass is 9.62. The van der Waals surface area contributed by atoms with Crippen molar-refractivity contribution in [1.29, 1.82) is 0 Å². The molecule has 2 aliphatic rings. The van der Waals surface area contributed by atoms with Gasteiger partial charge in [-0.2, -0.15) is 0 Å². The SMILES string of the molecule is CC/C(C)=N/OC(=O)NC1CC(C)(C)CC(C)(Cn2c(=O)[nH]c(=O)n(CC3(C)CC(NC(=O)OC)CC(C)(C)C3)c2=O)C1. The summed E-state index contributed by atoms with van der Waals surface area (Å²) in [7, 11) is 1.31. The molecule has 13 nitrogen and oxygen atoms in total. The van der Waals surface area contributed by atoms with Crippen LogP contribution in [0.15, 0.2) is 19.5 Å². The van der Waals surface area contributed by atoms with E-state index < -0.39 is 40.1 Å². The van der Waals surface area contributed by atoms with E-state index in [2.05, 4.69) is 48.5 Å². The molecule has 1 heterocycles. The molecular formula is C30H50N6O7. The number of nitrogens with zero attached hydrogens (tertiary/aromatic N) is 3. The van der Waals surface area contributed by atoms with Gasteiger partial charge in [-0.15, -0.1) is 0 Å². The van der Waals surface area contributed by atoms with Gasteiger partial charge in [-0.3, -0.25) is 9.82 Å². The molecule has 0 radical (unpaired) electrons. The fraction of sp³-hybridized carbons (Fsp3) is 0.800. The lowest BCUT2D eigenvalue weighted by Crippen LogP contribution is -2.56. The average Bonchev–Trinajstić information content (AvgIpc) is 2.85. The number of carbonyl (C=O) groups is 2. The predicted molar refractivity (Wildman–Crippen MR) is 163 cm³/mol. The van der Waals surface area contributed by atoms with E-state index in [0.29, 0.717) is 44.2 Å². The molecule has 4 atom stereocenters. The molecule has 3 N–H and O–H groups in total. The predicted octanol–water partition coefficient (Wildman–Crippen LogP) is 3.74. The van der Waals surface area contributed by atoms with E-state index >= 15 is 0 Å². The van der Waals surface area contributed by atoms with Crippen molar-refractivity contribution < 1.29 is 19.2 Å². The zero-order valence-electron chi connectivity index (χ0n) is 27.2. The van der Waals surface area contributed by atoms with Crippen LogP contribution in [0, 0.1) is 21.7 Å². The van der Waals surface area contributed by atoms with Crippen LogP contribution in [0.3, 0.4) is 0 Å². The van der Waals surface area contributed by atoms with Crippen molar-refractivity contribution in [3.63, 3.8) is 0 Å². The van der Waals surface area contributed by atoms with E-state index in [1.54, 1.807) is 6.92 Å². The number of methoxy groups -OCH3 is 1. The van der Waals surface area contributed by atoms with Crippen LogP contribution in [-0.4, -0.2) is 51.2 Å². The van der Waals surface area contributed by atoms with Crippen molar-refractivity contribution in [3.8, 4) is 0 Å². The van der Waals surface area contributed by atoms with E-state index in [0.717, 1.165) is 15.6 Å². The van der Waals surface area contributed by atoms with Gasteiger partial charge in [0.05, 0.1) is 12.8 Å². The van der Waals surface area contributed by atoms with Gasteiger partial charge >= 0.3 is 29.3 Å². The zero-order valence-corrected chi connectivity index (χ0v) is 27.2. The number of ether oxygens (including phenoxy) is 1. The van der Waals surface area contributed by atoms with Gasteiger partial charge in [-0.05, 0) is 73.5 Å². The summed E-state index contributed by atoms with van der Waals surface area (Å²) in [6.45, 7) is 16.2. The second-order valence-corrected chi connectivity index (χ2v) is 15.0. The summed E-state index contributed by atoms with van der Waals surface area (Å²) in [6, 6.07) is -0.459. The highest BCUT2D eigenvalue weighted by atomic mass is 16.7. The maximum atomic E-state index is 13.8. The third-order valence-electron chi connectivity index (χ3n) is 8.76. The summed E-state index contributed by atoms with van der Waals surface area (Å²) < 4.78 is 7.01. The highest BCUT2D eigenvalue weighted by molar-refractivity contribution is 5.81. The summed E-state index contributed by atoms with van der Waals surface area (Å²) in [5, 5.41) is 9.61. The van der Waals surface area contributed by atoms with E-state index in [1.807, 2.05) is 20.8 Å². The molecule has 0 spiro atoms. The van der Waals surface area contributed by atoms with Gasteiger partial charge in [0.1, 0.15) is 0 Å². The first-order chi connectivity index (χ1) is 19.8. The Labute approximate surface area is 252 Å². The Hall–Kier alpha value is -3.38. The number of hydrogen-bond acceptors (Lipinski definition) is 8. The number of H-pyrrole nitrogens is 1. The van der Waals surface area contributed by atoms with Gasteiger partial charge < -0.3 is 15.4 Å². The molecule has 1 aromatic heterocycles. The normalized spacial score (nSPS) is 28.5.